The zero-order valence-electron chi connectivity index (χ0n) is 18.0. The second-order valence-electron chi connectivity index (χ2n) is 7.17. The maximum atomic E-state index is 13.4. The van der Waals surface area contributed by atoms with E-state index in [0.29, 0.717) is 18.3 Å². The number of ether oxygens (including phenoxy) is 1. The van der Waals surface area contributed by atoms with E-state index in [1.807, 2.05) is 52.4 Å². The molecule has 1 N–H and O–H groups in total. The molecule has 0 fully saturated rings. The largest absolute Gasteiger partial charge is 0.383 e. The molecule has 1 amide bonds. The third kappa shape index (κ3) is 5.87. The fraction of sp³-hybridized carbons (Fsp3) is 0.208. The summed E-state index contributed by atoms with van der Waals surface area (Å²) in [6.45, 7) is 1.08. The van der Waals surface area contributed by atoms with Crippen LogP contribution in [0.15, 0.2) is 77.3 Å². The molecule has 1 atom stereocenters. The average molecular weight is 483 g/mol. The van der Waals surface area contributed by atoms with Crippen LogP contribution in [0.1, 0.15) is 16.5 Å². The number of thioether (sulfide) groups is 1. The molecule has 170 valence electrons. The lowest BCUT2D eigenvalue weighted by Gasteiger charge is -2.18. The fourth-order valence-electron chi connectivity index (χ4n) is 3.34. The minimum atomic E-state index is -0.343. The van der Waals surface area contributed by atoms with Gasteiger partial charge in [0.2, 0.25) is 5.91 Å². The van der Waals surface area contributed by atoms with E-state index in [2.05, 4.69) is 15.5 Å². The van der Waals surface area contributed by atoms with E-state index < -0.39 is 0 Å². The van der Waals surface area contributed by atoms with Gasteiger partial charge in [0.1, 0.15) is 5.82 Å². The molecule has 0 saturated heterocycles. The summed E-state index contributed by atoms with van der Waals surface area (Å²) < 4.78 is 20.6. The SMILES string of the molecule is COCCn1c(SCC(=O)N[C@@H](c2ccc(F)cc2)c2cccs2)nnc1-c1ccccc1. The third-order valence-electron chi connectivity index (χ3n) is 4.94. The van der Waals surface area contributed by atoms with Gasteiger partial charge in [-0.2, -0.15) is 0 Å². The van der Waals surface area contributed by atoms with Gasteiger partial charge in [-0.05, 0) is 29.1 Å². The molecule has 0 radical (unpaired) electrons. The Morgan fingerprint density at radius 1 is 1.12 bits per heavy atom. The Bertz CT molecular complexity index is 1170. The Hall–Kier alpha value is -3.01. The van der Waals surface area contributed by atoms with E-state index in [9.17, 15) is 9.18 Å². The van der Waals surface area contributed by atoms with Gasteiger partial charge in [0, 0.05) is 17.6 Å². The smallest absolute Gasteiger partial charge is 0.231 e. The number of aromatic nitrogens is 3. The maximum Gasteiger partial charge on any atom is 0.231 e. The van der Waals surface area contributed by atoms with Gasteiger partial charge >= 0.3 is 0 Å². The van der Waals surface area contributed by atoms with Crippen molar-refractivity contribution in [2.24, 2.45) is 0 Å². The van der Waals surface area contributed by atoms with Crippen LogP contribution in [0.2, 0.25) is 0 Å². The monoisotopic (exact) mass is 482 g/mol. The number of benzene rings is 2. The molecule has 4 aromatic rings. The predicted octanol–water partition coefficient (Wildman–Crippen LogP) is 4.79. The van der Waals surface area contributed by atoms with Gasteiger partial charge in [0.15, 0.2) is 11.0 Å². The highest BCUT2D eigenvalue weighted by molar-refractivity contribution is 7.99. The number of nitrogens with one attached hydrogen (secondary N) is 1. The normalized spacial score (nSPS) is 11.9. The molecule has 9 heteroatoms. The van der Waals surface area contributed by atoms with Gasteiger partial charge in [0.25, 0.3) is 0 Å². The van der Waals surface area contributed by atoms with Gasteiger partial charge in [0.05, 0.1) is 24.9 Å². The molecule has 2 aromatic heterocycles. The van der Waals surface area contributed by atoms with E-state index in [1.54, 1.807) is 30.6 Å². The average Bonchev–Trinajstić information content (AvgIpc) is 3.51. The number of methoxy groups -OCH3 is 1. The van der Waals surface area contributed by atoms with Crippen molar-refractivity contribution in [3.8, 4) is 11.4 Å². The molecule has 0 aliphatic carbocycles. The summed E-state index contributed by atoms with van der Waals surface area (Å²) in [6.07, 6.45) is 0. The topological polar surface area (TPSA) is 69.0 Å². The Balaban J connectivity index is 1.48. The highest BCUT2D eigenvalue weighted by atomic mass is 32.2. The number of thiophene rings is 1. The van der Waals surface area contributed by atoms with E-state index in [1.165, 1.54) is 23.9 Å². The molecule has 0 aliphatic heterocycles. The molecule has 6 nitrogen and oxygen atoms in total. The van der Waals surface area contributed by atoms with E-state index >= 15 is 0 Å². The summed E-state index contributed by atoms with van der Waals surface area (Å²) in [5, 5.41) is 14.3. The van der Waals surface area contributed by atoms with Crippen LogP contribution in [0.4, 0.5) is 4.39 Å². The standard InChI is InChI=1S/C24H23FN4O2S2/c1-31-14-13-29-23(18-6-3-2-4-7-18)27-28-24(29)33-16-21(30)26-22(20-8-5-15-32-20)17-9-11-19(25)12-10-17/h2-12,15,22H,13-14,16H2,1H3,(H,26,30)/t22-/m0/s1. The zero-order valence-corrected chi connectivity index (χ0v) is 19.6. The van der Waals surface area contributed by atoms with Gasteiger partial charge in [-0.1, -0.05) is 60.3 Å². The second kappa shape index (κ2) is 11.2. The Morgan fingerprint density at radius 2 is 1.91 bits per heavy atom. The van der Waals surface area contributed by atoms with Crippen LogP contribution in [0.3, 0.4) is 0 Å². The lowest BCUT2D eigenvalue weighted by molar-refractivity contribution is -0.119. The van der Waals surface area contributed by atoms with Crippen molar-refractivity contribution in [3.63, 3.8) is 0 Å². The number of halogens is 1. The van der Waals surface area contributed by atoms with E-state index in [0.717, 1.165) is 21.8 Å². The number of amides is 1. The molecule has 0 saturated carbocycles. The first-order chi connectivity index (χ1) is 16.2. The Labute approximate surface area is 199 Å². The molecule has 0 aliphatic rings. The lowest BCUT2D eigenvalue weighted by atomic mass is 10.1. The molecule has 4 rings (SSSR count). The molecule has 0 bridgehead atoms. The Kier molecular flexibility index (Phi) is 7.87. The number of carbonyl (C=O) groups is 1. The van der Waals surface area contributed by atoms with E-state index in [4.69, 9.17) is 4.74 Å². The van der Waals surface area contributed by atoms with Crippen LogP contribution in [-0.4, -0.2) is 40.1 Å². The minimum Gasteiger partial charge on any atom is -0.383 e. The number of nitrogens with zero attached hydrogens (tertiary/aromatic N) is 3. The highest BCUT2D eigenvalue weighted by Crippen LogP contribution is 2.27. The van der Waals surface area contributed by atoms with Crippen LogP contribution in [-0.2, 0) is 16.1 Å². The fourth-order valence-corrected chi connectivity index (χ4v) is 4.92. The van der Waals surface area contributed by atoms with E-state index in [-0.39, 0.29) is 23.5 Å². The first-order valence-electron chi connectivity index (χ1n) is 10.3. The first kappa shape index (κ1) is 23.2. The van der Waals surface area contributed by atoms with Gasteiger partial charge in [-0.15, -0.1) is 21.5 Å². The quantitative estimate of drug-likeness (QED) is 0.329. The van der Waals surface area contributed by atoms with Crippen LogP contribution >= 0.6 is 23.1 Å². The van der Waals surface area contributed by atoms with Crippen molar-refractivity contribution in [1.82, 2.24) is 20.1 Å². The minimum absolute atomic E-state index is 0.148. The maximum absolute atomic E-state index is 13.4. The van der Waals surface area contributed by atoms with Crippen LogP contribution < -0.4 is 5.32 Å². The van der Waals surface area contributed by atoms with Crippen molar-refractivity contribution in [2.45, 2.75) is 17.7 Å². The molecule has 2 heterocycles. The third-order valence-corrected chi connectivity index (χ3v) is 6.84. The summed E-state index contributed by atoms with van der Waals surface area (Å²) in [6, 6.07) is 19.5. The number of hydrogen-bond acceptors (Lipinski definition) is 6. The van der Waals surface area contributed by atoms with Gasteiger partial charge < -0.3 is 10.1 Å². The van der Waals surface area contributed by atoms with Crippen LogP contribution in [0.25, 0.3) is 11.4 Å². The summed E-state index contributed by atoms with van der Waals surface area (Å²) in [5.74, 6) is 0.446. The zero-order chi connectivity index (χ0) is 23.0. The lowest BCUT2D eigenvalue weighted by Crippen LogP contribution is -2.30. The van der Waals surface area contributed by atoms with Crippen LogP contribution in [0.5, 0.6) is 0 Å². The van der Waals surface area contributed by atoms with Crippen molar-refractivity contribution in [2.75, 3.05) is 19.5 Å². The van der Waals surface area contributed by atoms with Crippen molar-refractivity contribution in [3.05, 3.63) is 88.4 Å². The molecule has 0 unspecified atom stereocenters. The van der Waals surface area contributed by atoms with Gasteiger partial charge in [-0.3, -0.25) is 9.36 Å². The van der Waals surface area contributed by atoms with Crippen LogP contribution in [0, 0.1) is 5.82 Å². The molecular formula is C24H23FN4O2S2. The van der Waals surface area contributed by atoms with Crippen molar-refractivity contribution >= 4 is 29.0 Å². The summed E-state index contributed by atoms with van der Waals surface area (Å²) in [5.41, 5.74) is 1.78. The van der Waals surface area contributed by atoms with Crippen molar-refractivity contribution in [1.29, 1.82) is 0 Å². The number of hydrogen-bond donors (Lipinski definition) is 1. The summed E-state index contributed by atoms with van der Waals surface area (Å²) >= 11 is 2.87. The predicted molar refractivity (Wildman–Crippen MR) is 129 cm³/mol. The first-order valence-corrected chi connectivity index (χ1v) is 12.2. The molecule has 2 aromatic carbocycles. The molecule has 0 spiro atoms. The second-order valence-corrected chi connectivity index (χ2v) is 9.09. The summed E-state index contributed by atoms with van der Waals surface area (Å²) in [7, 11) is 1.65. The molecular weight excluding hydrogens is 459 g/mol. The molecule has 33 heavy (non-hydrogen) atoms. The highest BCUT2D eigenvalue weighted by Gasteiger charge is 2.20. The summed E-state index contributed by atoms with van der Waals surface area (Å²) in [4.78, 5) is 13.9. The van der Waals surface area contributed by atoms with Crippen molar-refractivity contribution < 1.29 is 13.9 Å². The number of rotatable bonds is 10. The number of carbonyl (C=O) groups excluding carboxylic acids is 1. The Morgan fingerprint density at radius 3 is 2.61 bits per heavy atom. The van der Waals surface area contributed by atoms with Gasteiger partial charge in [-0.25, -0.2) is 4.39 Å².